The number of aryl methyl sites for hydroxylation is 1. The summed E-state index contributed by atoms with van der Waals surface area (Å²) < 4.78 is 6.19. The zero-order valence-electron chi connectivity index (χ0n) is 16.2. The quantitative estimate of drug-likeness (QED) is 0.633. The van der Waals surface area contributed by atoms with Gasteiger partial charge in [0, 0.05) is 30.8 Å². The highest BCUT2D eigenvalue weighted by Crippen LogP contribution is 2.38. The highest BCUT2D eigenvalue weighted by Gasteiger charge is 2.24. The smallest absolute Gasteiger partial charge is 0.234 e. The number of aromatic hydroxyl groups is 1. The van der Waals surface area contributed by atoms with Gasteiger partial charge in [0.1, 0.15) is 34.8 Å². The molecular weight excluding hydrogens is 356 g/mol. The maximum absolute atomic E-state index is 10.1. The molecule has 1 atom stereocenters. The van der Waals surface area contributed by atoms with E-state index in [1.165, 1.54) is 6.33 Å². The molecule has 0 radical (unpaired) electrons. The fraction of sp³-hybridized carbons (Fsp3) is 0.350. The lowest BCUT2D eigenvalue weighted by molar-refractivity contribution is 0.440. The first-order valence-electron chi connectivity index (χ1n) is 9.28. The molecule has 1 fully saturated rings. The van der Waals surface area contributed by atoms with E-state index in [9.17, 15) is 5.11 Å². The summed E-state index contributed by atoms with van der Waals surface area (Å²) in [5.74, 6) is 2.17. The Hall–Kier alpha value is -3.13. The van der Waals surface area contributed by atoms with Gasteiger partial charge >= 0.3 is 0 Å². The number of benzene rings is 1. The van der Waals surface area contributed by atoms with Gasteiger partial charge in [-0.2, -0.15) is 4.98 Å². The van der Waals surface area contributed by atoms with Gasteiger partial charge in [0.25, 0.3) is 0 Å². The van der Waals surface area contributed by atoms with E-state index in [1.807, 2.05) is 33.0 Å². The van der Waals surface area contributed by atoms with Crippen molar-refractivity contribution in [2.45, 2.75) is 26.3 Å². The van der Waals surface area contributed by atoms with E-state index < -0.39 is 0 Å². The number of pyridine rings is 1. The molecule has 3 heterocycles. The first-order valence-corrected chi connectivity index (χ1v) is 9.28. The molecule has 4 N–H and O–H groups in total. The van der Waals surface area contributed by atoms with Crippen molar-refractivity contribution in [2.75, 3.05) is 30.8 Å². The van der Waals surface area contributed by atoms with Gasteiger partial charge in [-0.25, -0.2) is 9.97 Å². The average Bonchev–Trinajstić information content (AvgIpc) is 3.17. The largest absolute Gasteiger partial charge is 0.508 e. The normalized spacial score (nSPS) is 16.7. The number of nitrogen functional groups attached to an aromatic ring is 1. The van der Waals surface area contributed by atoms with Crippen molar-refractivity contribution < 1.29 is 9.84 Å². The molecular formula is C20H24N6O2. The number of nitrogens with one attached hydrogen (secondary N) is 1. The summed E-state index contributed by atoms with van der Waals surface area (Å²) in [6.07, 6.45) is 2.49. The third-order valence-corrected chi connectivity index (χ3v) is 5.30. The summed E-state index contributed by atoms with van der Waals surface area (Å²) >= 11 is 0. The molecule has 0 aliphatic carbocycles. The van der Waals surface area contributed by atoms with Crippen LogP contribution >= 0.6 is 0 Å². The topological polar surface area (TPSA) is 109 Å². The van der Waals surface area contributed by atoms with Crippen LogP contribution in [-0.2, 0) is 0 Å². The summed E-state index contributed by atoms with van der Waals surface area (Å²) in [4.78, 5) is 15.4. The monoisotopic (exact) mass is 380 g/mol. The number of nitrogens with two attached hydrogens (primary N) is 1. The summed E-state index contributed by atoms with van der Waals surface area (Å²) in [6.45, 7) is 5.49. The van der Waals surface area contributed by atoms with Crippen molar-refractivity contribution in [3.63, 3.8) is 0 Å². The predicted octanol–water partition coefficient (Wildman–Crippen LogP) is 2.52. The van der Waals surface area contributed by atoms with Gasteiger partial charge in [-0.3, -0.25) is 0 Å². The molecule has 0 saturated carbocycles. The standard InChI is InChI=1S/C20H24N6O2/c1-11-4-5-15(27)12(2)18(11)28-20-17-14(23-10-24-19(17)21)8-16(25-20)26-7-6-13(9-26)22-3/h4-5,8,10,13,22,27H,6-7,9H2,1-3H3,(H2,21,23,24)/t13-/m1/s1. The molecule has 28 heavy (non-hydrogen) atoms. The Bertz CT molecular complexity index is 1040. The highest BCUT2D eigenvalue weighted by atomic mass is 16.5. The first kappa shape index (κ1) is 18.2. The minimum absolute atomic E-state index is 0.168. The Balaban J connectivity index is 1.84. The molecule has 146 valence electrons. The van der Waals surface area contributed by atoms with Crippen molar-refractivity contribution >= 4 is 22.5 Å². The number of hydrogen-bond acceptors (Lipinski definition) is 8. The van der Waals surface area contributed by atoms with Gasteiger partial charge in [-0.1, -0.05) is 6.07 Å². The molecule has 0 spiro atoms. The Morgan fingerprint density at radius 1 is 1.29 bits per heavy atom. The second kappa shape index (κ2) is 7.12. The molecule has 4 rings (SSSR count). The van der Waals surface area contributed by atoms with Crippen LogP contribution in [0.2, 0.25) is 0 Å². The fourth-order valence-electron chi connectivity index (χ4n) is 3.57. The molecule has 1 saturated heterocycles. The van der Waals surface area contributed by atoms with Gasteiger partial charge in [0.2, 0.25) is 5.88 Å². The number of anilines is 2. The summed E-state index contributed by atoms with van der Waals surface area (Å²) in [5, 5.41) is 14.0. The second-order valence-corrected chi connectivity index (χ2v) is 7.12. The average molecular weight is 380 g/mol. The third kappa shape index (κ3) is 3.16. The van der Waals surface area contributed by atoms with Crippen molar-refractivity contribution in [3.8, 4) is 17.4 Å². The van der Waals surface area contributed by atoms with E-state index in [-0.39, 0.29) is 5.75 Å². The molecule has 0 unspecified atom stereocenters. The molecule has 2 aromatic heterocycles. The molecule has 1 aliphatic heterocycles. The van der Waals surface area contributed by atoms with Gasteiger partial charge < -0.3 is 25.8 Å². The minimum atomic E-state index is 0.168. The maximum Gasteiger partial charge on any atom is 0.234 e. The van der Waals surface area contributed by atoms with Crippen molar-refractivity contribution in [2.24, 2.45) is 0 Å². The highest BCUT2D eigenvalue weighted by molar-refractivity contribution is 5.94. The van der Waals surface area contributed by atoms with Crippen LogP contribution < -0.4 is 20.7 Å². The lowest BCUT2D eigenvalue weighted by Crippen LogP contribution is -2.29. The van der Waals surface area contributed by atoms with Gasteiger partial charge in [-0.15, -0.1) is 0 Å². The summed E-state index contributed by atoms with van der Waals surface area (Å²) in [6, 6.07) is 5.80. The minimum Gasteiger partial charge on any atom is -0.508 e. The van der Waals surface area contributed by atoms with Gasteiger partial charge in [-0.05, 0) is 38.9 Å². The molecule has 1 aromatic carbocycles. The Morgan fingerprint density at radius 3 is 2.86 bits per heavy atom. The van der Waals surface area contributed by atoms with E-state index in [0.29, 0.717) is 40.0 Å². The van der Waals surface area contributed by atoms with Crippen LogP contribution in [0.4, 0.5) is 11.6 Å². The van der Waals surface area contributed by atoms with Crippen LogP contribution in [0.3, 0.4) is 0 Å². The van der Waals surface area contributed by atoms with Crippen LogP contribution in [0, 0.1) is 13.8 Å². The lowest BCUT2D eigenvalue weighted by Gasteiger charge is -2.20. The Labute approximate surface area is 163 Å². The zero-order chi connectivity index (χ0) is 19.8. The Morgan fingerprint density at radius 2 is 2.11 bits per heavy atom. The zero-order valence-corrected chi connectivity index (χ0v) is 16.2. The molecule has 8 nitrogen and oxygen atoms in total. The summed E-state index contributed by atoms with van der Waals surface area (Å²) in [5.41, 5.74) is 8.33. The fourth-order valence-corrected chi connectivity index (χ4v) is 3.57. The number of likely N-dealkylation sites (N-methyl/N-ethyl adjacent to an activating group) is 1. The van der Waals surface area contributed by atoms with E-state index in [0.717, 1.165) is 30.9 Å². The number of nitrogens with zero attached hydrogens (tertiary/aromatic N) is 4. The number of phenolic OH excluding ortho intramolecular Hbond substituents is 1. The third-order valence-electron chi connectivity index (χ3n) is 5.30. The maximum atomic E-state index is 10.1. The predicted molar refractivity (Wildman–Crippen MR) is 109 cm³/mol. The van der Waals surface area contributed by atoms with Crippen LogP contribution in [0.25, 0.3) is 10.9 Å². The van der Waals surface area contributed by atoms with E-state index in [4.69, 9.17) is 15.5 Å². The van der Waals surface area contributed by atoms with E-state index in [2.05, 4.69) is 20.2 Å². The van der Waals surface area contributed by atoms with Crippen LogP contribution in [0.15, 0.2) is 24.5 Å². The number of ether oxygens (including phenoxy) is 1. The van der Waals surface area contributed by atoms with Crippen LogP contribution in [0.1, 0.15) is 17.5 Å². The number of fused-ring (bicyclic) bond motifs is 1. The van der Waals surface area contributed by atoms with Crippen LogP contribution in [0.5, 0.6) is 17.4 Å². The van der Waals surface area contributed by atoms with Crippen molar-refractivity contribution in [1.82, 2.24) is 20.3 Å². The van der Waals surface area contributed by atoms with Gasteiger partial charge in [0.05, 0.1) is 5.52 Å². The number of phenols is 1. The van der Waals surface area contributed by atoms with E-state index in [1.54, 1.807) is 6.07 Å². The number of hydrogen-bond donors (Lipinski definition) is 3. The molecule has 1 aliphatic rings. The lowest BCUT2D eigenvalue weighted by atomic mass is 10.1. The first-order chi connectivity index (χ1) is 13.5. The van der Waals surface area contributed by atoms with Crippen molar-refractivity contribution in [1.29, 1.82) is 0 Å². The summed E-state index contributed by atoms with van der Waals surface area (Å²) in [7, 11) is 1.97. The Kier molecular flexibility index (Phi) is 4.64. The molecule has 8 heteroatoms. The van der Waals surface area contributed by atoms with Gasteiger partial charge in [0.15, 0.2) is 0 Å². The van der Waals surface area contributed by atoms with E-state index >= 15 is 0 Å². The molecule has 0 bridgehead atoms. The van der Waals surface area contributed by atoms with Crippen molar-refractivity contribution in [3.05, 3.63) is 35.7 Å². The number of rotatable bonds is 4. The molecule has 3 aromatic rings. The second-order valence-electron chi connectivity index (χ2n) is 7.12. The number of aromatic nitrogens is 3. The van der Waals surface area contributed by atoms with Crippen LogP contribution in [-0.4, -0.2) is 46.2 Å². The molecule has 0 amide bonds. The SMILES string of the molecule is CN[C@@H]1CCN(c2cc3ncnc(N)c3c(Oc3c(C)ccc(O)c3C)n2)C1.